The lowest BCUT2D eigenvalue weighted by atomic mass is 10.0. The molecule has 0 radical (unpaired) electrons. The highest BCUT2D eigenvalue weighted by molar-refractivity contribution is 7.80. The third kappa shape index (κ3) is 11.8. The second-order valence-corrected chi connectivity index (χ2v) is 10.5. The summed E-state index contributed by atoms with van der Waals surface area (Å²) < 4.78 is 5.15. The van der Waals surface area contributed by atoms with Gasteiger partial charge in [-0.15, -0.1) is 0 Å². The Kier molecular flexibility index (Phi) is 14.4. The average molecular weight is 601 g/mol. The fourth-order valence-corrected chi connectivity index (χ4v) is 4.31. The van der Waals surface area contributed by atoms with Gasteiger partial charge in [0.1, 0.15) is 23.9 Å². The molecule has 4 amide bonds. The SMILES string of the molecule is COc1ccc(CCNC(=O)[C@H](CS)NC(=O)[C@H](CC(C)C)NC(=O)[C@H](CCC(=O)O)NC(=O)c2ccccc2)cc1. The van der Waals surface area contributed by atoms with Crippen molar-refractivity contribution in [2.24, 2.45) is 5.92 Å². The number of ether oxygens (including phenoxy) is 1. The molecule has 0 unspecified atom stereocenters. The second kappa shape index (κ2) is 17.7. The van der Waals surface area contributed by atoms with Crippen LogP contribution >= 0.6 is 12.6 Å². The number of carboxylic acid groups (broad SMARTS) is 1. The zero-order chi connectivity index (χ0) is 31.1. The topological polar surface area (TPSA) is 163 Å². The van der Waals surface area contributed by atoms with Crippen LogP contribution in [0.5, 0.6) is 5.75 Å². The highest BCUT2D eigenvalue weighted by atomic mass is 32.1. The maximum absolute atomic E-state index is 13.2. The van der Waals surface area contributed by atoms with Crippen LogP contribution in [0.1, 0.15) is 49.0 Å². The van der Waals surface area contributed by atoms with Gasteiger partial charge in [-0.25, -0.2) is 0 Å². The normalized spacial score (nSPS) is 12.9. The summed E-state index contributed by atoms with van der Waals surface area (Å²) in [5.41, 5.74) is 1.30. The second-order valence-electron chi connectivity index (χ2n) is 10.1. The summed E-state index contributed by atoms with van der Waals surface area (Å²) >= 11 is 4.22. The molecule has 5 N–H and O–H groups in total. The molecule has 0 saturated heterocycles. The molecule has 42 heavy (non-hydrogen) atoms. The molecule has 12 heteroatoms. The number of carbonyl (C=O) groups excluding carboxylic acids is 4. The first kappa shape index (κ1) is 34.1. The highest BCUT2D eigenvalue weighted by Crippen LogP contribution is 2.12. The van der Waals surface area contributed by atoms with Gasteiger partial charge in [-0.2, -0.15) is 12.6 Å². The number of aliphatic carboxylic acids is 1. The lowest BCUT2D eigenvalue weighted by Gasteiger charge is -2.26. The van der Waals surface area contributed by atoms with E-state index in [2.05, 4.69) is 33.9 Å². The molecule has 0 heterocycles. The first-order valence-electron chi connectivity index (χ1n) is 13.7. The largest absolute Gasteiger partial charge is 0.497 e. The van der Waals surface area contributed by atoms with E-state index < -0.39 is 47.7 Å². The van der Waals surface area contributed by atoms with E-state index >= 15 is 0 Å². The van der Waals surface area contributed by atoms with Crippen LogP contribution in [0.3, 0.4) is 0 Å². The summed E-state index contributed by atoms with van der Waals surface area (Å²) in [5, 5.41) is 19.8. The van der Waals surface area contributed by atoms with E-state index in [0.717, 1.165) is 11.3 Å². The van der Waals surface area contributed by atoms with E-state index in [-0.39, 0.29) is 30.9 Å². The van der Waals surface area contributed by atoms with Crippen LogP contribution in [-0.4, -0.2) is 72.2 Å². The van der Waals surface area contributed by atoms with Crippen molar-refractivity contribution in [3.63, 3.8) is 0 Å². The summed E-state index contributed by atoms with van der Waals surface area (Å²) in [5.74, 6) is -2.64. The molecule has 0 aliphatic carbocycles. The van der Waals surface area contributed by atoms with Crippen LogP contribution in [-0.2, 0) is 25.6 Å². The predicted molar refractivity (Wildman–Crippen MR) is 161 cm³/mol. The Morgan fingerprint density at radius 3 is 2.02 bits per heavy atom. The lowest BCUT2D eigenvalue weighted by Crippen LogP contribution is -2.57. The van der Waals surface area contributed by atoms with Crippen molar-refractivity contribution in [3.05, 3.63) is 65.7 Å². The van der Waals surface area contributed by atoms with Crippen molar-refractivity contribution in [3.8, 4) is 5.75 Å². The maximum Gasteiger partial charge on any atom is 0.303 e. The van der Waals surface area contributed by atoms with Crippen molar-refractivity contribution in [2.75, 3.05) is 19.4 Å². The Hall–Kier alpha value is -4.06. The fraction of sp³-hybridized carbons (Fsp3) is 0.433. The maximum atomic E-state index is 13.2. The van der Waals surface area contributed by atoms with Crippen LogP contribution in [0.15, 0.2) is 54.6 Å². The molecule has 2 aromatic rings. The number of hydrogen-bond acceptors (Lipinski definition) is 7. The van der Waals surface area contributed by atoms with Crippen LogP contribution in [0.25, 0.3) is 0 Å². The summed E-state index contributed by atoms with van der Waals surface area (Å²) in [6.07, 6.45) is 0.272. The van der Waals surface area contributed by atoms with E-state index in [1.165, 1.54) is 0 Å². The molecule has 2 aromatic carbocycles. The molecule has 228 valence electrons. The van der Waals surface area contributed by atoms with E-state index in [1.54, 1.807) is 37.4 Å². The lowest BCUT2D eigenvalue weighted by molar-refractivity contribution is -0.137. The van der Waals surface area contributed by atoms with Crippen molar-refractivity contribution in [1.29, 1.82) is 0 Å². The number of thiol groups is 1. The van der Waals surface area contributed by atoms with E-state index in [4.69, 9.17) is 9.84 Å². The molecular weight excluding hydrogens is 560 g/mol. The number of hydrogen-bond donors (Lipinski definition) is 6. The number of benzene rings is 2. The van der Waals surface area contributed by atoms with E-state index in [9.17, 15) is 24.0 Å². The van der Waals surface area contributed by atoms with Gasteiger partial charge >= 0.3 is 5.97 Å². The minimum Gasteiger partial charge on any atom is -0.497 e. The molecule has 0 fully saturated rings. The number of carbonyl (C=O) groups is 5. The monoisotopic (exact) mass is 600 g/mol. The minimum atomic E-state index is -1.20. The van der Waals surface area contributed by atoms with Crippen LogP contribution in [0.4, 0.5) is 0 Å². The average Bonchev–Trinajstić information content (AvgIpc) is 2.97. The van der Waals surface area contributed by atoms with Crippen molar-refractivity contribution in [1.82, 2.24) is 21.3 Å². The fourth-order valence-electron chi connectivity index (χ4n) is 4.05. The quantitative estimate of drug-likeness (QED) is 0.151. The minimum absolute atomic E-state index is 0.00907. The third-order valence-electron chi connectivity index (χ3n) is 6.33. The number of amides is 4. The highest BCUT2D eigenvalue weighted by Gasteiger charge is 2.30. The van der Waals surface area contributed by atoms with Crippen molar-refractivity contribution in [2.45, 2.75) is 57.7 Å². The van der Waals surface area contributed by atoms with Gasteiger partial charge in [-0.1, -0.05) is 44.2 Å². The Morgan fingerprint density at radius 1 is 0.833 bits per heavy atom. The summed E-state index contributed by atoms with van der Waals surface area (Å²) in [4.78, 5) is 63.2. The van der Waals surface area contributed by atoms with Gasteiger partial charge in [-0.3, -0.25) is 24.0 Å². The van der Waals surface area contributed by atoms with Gasteiger partial charge < -0.3 is 31.1 Å². The first-order chi connectivity index (χ1) is 20.0. The van der Waals surface area contributed by atoms with Crippen LogP contribution in [0, 0.1) is 5.92 Å². The number of rotatable bonds is 17. The molecule has 3 atom stereocenters. The molecule has 0 saturated carbocycles. The summed E-state index contributed by atoms with van der Waals surface area (Å²) in [6.45, 7) is 4.07. The van der Waals surface area contributed by atoms with E-state index in [0.29, 0.717) is 18.5 Å². The summed E-state index contributed by atoms with van der Waals surface area (Å²) in [7, 11) is 1.58. The molecule has 0 bridgehead atoms. The molecule has 0 spiro atoms. The number of methoxy groups -OCH3 is 1. The zero-order valence-electron chi connectivity index (χ0n) is 24.1. The molecule has 0 aliphatic rings. The number of carboxylic acids is 1. The molecule has 11 nitrogen and oxygen atoms in total. The van der Waals surface area contributed by atoms with Gasteiger partial charge in [0, 0.05) is 24.3 Å². The van der Waals surface area contributed by atoms with Crippen LogP contribution in [0.2, 0.25) is 0 Å². The van der Waals surface area contributed by atoms with Gasteiger partial charge in [-0.05, 0) is 55.0 Å². The van der Waals surface area contributed by atoms with E-state index in [1.807, 2.05) is 38.1 Å². The van der Waals surface area contributed by atoms with Gasteiger partial charge in [0.25, 0.3) is 5.91 Å². The standard InChI is InChI=1S/C30H40N4O7S/c1-19(2)17-24(33-29(39)23(13-14-26(35)36)32-27(37)21-7-5-4-6-8-21)30(40)34-25(18-42)28(38)31-16-15-20-9-11-22(41-3)12-10-20/h4-12,19,23-25,42H,13-18H2,1-3H3,(H,31,38)(H,32,37)(H,33,39)(H,34,40)(H,35,36)/t23-,24-,25-/m0/s1. The molecule has 0 aliphatic heterocycles. The van der Waals surface area contributed by atoms with Crippen molar-refractivity contribution < 1.29 is 33.8 Å². The smallest absolute Gasteiger partial charge is 0.303 e. The number of nitrogens with one attached hydrogen (secondary N) is 4. The Labute approximate surface area is 251 Å². The molecule has 0 aromatic heterocycles. The Balaban J connectivity index is 2.04. The van der Waals surface area contributed by atoms with Crippen molar-refractivity contribution >= 4 is 42.2 Å². The van der Waals surface area contributed by atoms with Crippen LogP contribution < -0.4 is 26.0 Å². The zero-order valence-corrected chi connectivity index (χ0v) is 25.0. The van der Waals surface area contributed by atoms with Gasteiger partial charge in [0.2, 0.25) is 17.7 Å². The van der Waals surface area contributed by atoms with Gasteiger partial charge in [0.15, 0.2) is 0 Å². The first-order valence-corrected chi connectivity index (χ1v) is 14.4. The predicted octanol–water partition coefficient (Wildman–Crippen LogP) is 1.96. The molecule has 2 rings (SSSR count). The Morgan fingerprint density at radius 2 is 1.45 bits per heavy atom. The molecular formula is C30H40N4O7S. The third-order valence-corrected chi connectivity index (χ3v) is 6.70. The van der Waals surface area contributed by atoms with Gasteiger partial charge in [0.05, 0.1) is 7.11 Å². The Bertz CT molecular complexity index is 1190. The summed E-state index contributed by atoms with van der Waals surface area (Å²) in [6, 6.07) is 12.5.